The largest absolute Gasteiger partial charge is 0.324 e. The number of halogens is 1. The zero-order valence-electron chi connectivity index (χ0n) is 11.2. The molecule has 1 N–H and O–H groups in total. The molecule has 1 fully saturated rings. The van der Waals surface area contributed by atoms with E-state index < -0.39 is 0 Å². The van der Waals surface area contributed by atoms with Gasteiger partial charge >= 0.3 is 0 Å². The van der Waals surface area contributed by atoms with Gasteiger partial charge in [-0.3, -0.25) is 4.79 Å². The van der Waals surface area contributed by atoms with Gasteiger partial charge in [0.15, 0.2) is 0 Å². The molecule has 0 unspecified atom stereocenters. The van der Waals surface area contributed by atoms with Gasteiger partial charge in [-0.15, -0.1) is 11.8 Å². The number of rotatable bonds is 5. The Morgan fingerprint density at radius 3 is 2.84 bits per heavy atom. The van der Waals surface area contributed by atoms with E-state index in [1.54, 1.807) is 11.8 Å². The second-order valence-corrected chi connectivity index (χ2v) is 6.37. The Morgan fingerprint density at radius 1 is 1.42 bits per heavy atom. The zero-order chi connectivity index (χ0) is 13.8. The topological polar surface area (TPSA) is 32.3 Å². The van der Waals surface area contributed by atoms with Crippen LogP contribution in [0.1, 0.15) is 24.8 Å². The molecule has 1 aromatic rings. The number of nitrogens with one attached hydrogen (secondary N) is 1. The highest BCUT2D eigenvalue weighted by Crippen LogP contribution is 2.44. The fourth-order valence-corrected chi connectivity index (χ4v) is 3.85. The van der Waals surface area contributed by atoms with Crippen LogP contribution in [0.4, 0.5) is 0 Å². The van der Waals surface area contributed by atoms with E-state index in [2.05, 4.69) is 12.2 Å². The second kappa shape index (κ2) is 6.64. The van der Waals surface area contributed by atoms with Crippen LogP contribution in [0.5, 0.6) is 0 Å². The minimum Gasteiger partial charge on any atom is -0.324 e. The number of hydrogen-bond acceptors (Lipinski definition) is 3. The van der Waals surface area contributed by atoms with Crippen LogP contribution in [0.25, 0.3) is 0 Å². The van der Waals surface area contributed by atoms with E-state index in [9.17, 15) is 4.79 Å². The van der Waals surface area contributed by atoms with Gasteiger partial charge in [-0.1, -0.05) is 36.7 Å². The quantitative estimate of drug-likeness (QED) is 0.848. The number of carbonyl (C=O) groups is 1. The fraction of sp³-hybridized carbons (Fsp3) is 0.500. The molecule has 1 aromatic carbocycles. The molecule has 5 heteroatoms. The van der Waals surface area contributed by atoms with Crippen molar-refractivity contribution >= 4 is 29.3 Å². The first-order valence-electron chi connectivity index (χ1n) is 6.56. The third kappa shape index (κ3) is 3.25. The van der Waals surface area contributed by atoms with Crippen LogP contribution < -0.4 is 5.32 Å². The molecule has 2 atom stereocenters. The van der Waals surface area contributed by atoms with Gasteiger partial charge in [0.25, 0.3) is 0 Å². The summed E-state index contributed by atoms with van der Waals surface area (Å²) in [6.45, 7) is 6.48. The lowest BCUT2D eigenvalue weighted by Gasteiger charge is -2.25. The molecule has 0 saturated carbocycles. The Bertz CT molecular complexity index is 455. The second-order valence-electron chi connectivity index (χ2n) is 4.54. The molecule has 1 aliphatic rings. The molecule has 0 aromatic heterocycles. The van der Waals surface area contributed by atoms with Crippen molar-refractivity contribution in [3.63, 3.8) is 0 Å². The Balaban J connectivity index is 2.17. The average Bonchev–Trinajstić information content (AvgIpc) is 2.68. The molecule has 1 amide bonds. The summed E-state index contributed by atoms with van der Waals surface area (Å²) in [6.07, 6.45) is 0. The van der Waals surface area contributed by atoms with Crippen LogP contribution in [0.3, 0.4) is 0 Å². The Kier molecular flexibility index (Phi) is 5.13. The van der Waals surface area contributed by atoms with Crippen molar-refractivity contribution in [3.05, 3.63) is 34.9 Å². The summed E-state index contributed by atoms with van der Waals surface area (Å²) in [7, 11) is 0. The summed E-state index contributed by atoms with van der Waals surface area (Å²) >= 11 is 7.93. The summed E-state index contributed by atoms with van der Waals surface area (Å²) in [4.78, 5) is 14.2. The highest BCUT2D eigenvalue weighted by Gasteiger charge is 2.38. The van der Waals surface area contributed by atoms with Crippen molar-refractivity contribution in [1.82, 2.24) is 10.2 Å². The number of thioether (sulfide) groups is 1. The van der Waals surface area contributed by atoms with Crippen molar-refractivity contribution in [1.29, 1.82) is 0 Å². The monoisotopic (exact) mass is 298 g/mol. The van der Waals surface area contributed by atoms with Crippen molar-refractivity contribution in [2.45, 2.75) is 24.5 Å². The smallest absolute Gasteiger partial charge is 0.236 e. The van der Waals surface area contributed by atoms with Crippen molar-refractivity contribution < 1.29 is 4.79 Å². The number of carbonyl (C=O) groups excluding carboxylic acids is 1. The van der Waals surface area contributed by atoms with E-state index in [1.165, 1.54) is 0 Å². The molecule has 0 radical (unpaired) electrons. The molecule has 0 aliphatic carbocycles. The van der Waals surface area contributed by atoms with Gasteiger partial charge in [0.2, 0.25) is 5.91 Å². The molecular formula is C14H19ClN2OS. The number of benzene rings is 1. The van der Waals surface area contributed by atoms with E-state index in [4.69, 9.17) is 11.6 Å². The van der Waals surface area contributed by atoms with E-state index >= 15 is 0 Å². The third-order valence-corrected chi connectivity index (χ3v) is 4.92. The predicted octanol–water partition coefficient (Wildman–Crippen LogP) is 2.91. The molecular weight excluding hydrogens is 280 g/mol. The Hall–Kier alpha value is -0.710. The number of amides is 1. The third-order valence-electron chi connectivity index (χ3n) is 3.20. The molecule has 2 rings (SSSR count). The summed E-state index contributed by atoms with van der Waals surface area (Å²) in [5, 5.41) is 4.03. The first-order valence-corrected chi connectivity index (χ1v) is 7.88. The molecule has 1 aliphatic heterocycles. The standard InChI is InChI=1S/C14H19ClN2OS/c1-3-16-8-9-17-13(18)10(2)19-14(17)11-6-4-5-7-12(11)15/h4-7,10,14,16H,3,8-9H2,1-2H3/t10-,14+/m0/s1. The number of nitrogens with zero attached hydrogens (tertiary/aromatic N) is 1. The van der Waals surface area contributed by atoms with Crippen molar-refractivity contribution in [2.75, 3.05) is 19.6 Å². The lowest BCUT2D eigenvalue weighted by Crippen LogP contribution is -2.36. The van der Waals surface area contributed by atoms with E-state index in [-0.39, 0.29) is 16.5 Å². The maximum Gasteiger partial charge on any atom is 0.236 e. The van der Waals surface area contributed by atoms with E-state index in [0.29, 0.717) is 0 Å². The van der Waals surface area contributed by atoms with Crippen LogP contribution in [-0.4, -0.2) is 35.7 Å². The van der Waals surface area contributed by atoms with E-state index in [0.717, 1.165) is 30.2 Å². The average molecular weight is 299 g/mol. The van der Waals surface area contributed by atoms with Gasteiger partial charge in [-0.25, -0.2) is 0 Å². The van der Waals surface area contributed by atoms with Gasteiger partial charge in [-0.2, -0.15) is 0 Å². The predicted molar refractivity (Wildman–Crippen MR) is 81.5 cm³/mol. The lowest BCUT2D eigenvalue weighted by molar-refractivity contribution is -0.129. The van der Waals surface area contributed by atoms with E-state index in [1.807, 2.05) is 36.1 Å². The van der Waals surface area contributed by atoms with Crippen molar-refractivity contribution in [3.8, 4) is 0 Å². The Morgan fingerprint density at radius 2 is 2.16 bits per heavy atom. The molecule has 1 heterocycles. The molecule has 0 bridgehead atoms. The van der Waals surface area contributed by atoms with Gasteiger partial charge < -0.3 is 10.2 Å². The summed E-state index contributed by atoms with van der Waals surface area (Å²) in [6, 6.07) is 7.77. The minimum atomic E-state index is 0.00268. The van der Waals surface area contributed by atoms with Crippen LogP contribution >= 0.6 is 23.4 Å². The van der Waals surface area contributed by atoms with Crippen molar-refractivity contribution in [2.24, 2.45) is 0 Å². The van der Waals surface area contributed by atoms with Crippen LogP contribution in [0.15, 0.2) is 24.3 Å². The number of hydrogen-bond donors (Lipinski definition) is 1. The summed E-state index contributed by atoms with van der Waals surface area (Å²) in [5.41, 5.74) is 1.03. The van der Waals surface area contributed by atoms with Gasteiger partial charge in [0.05, 0.1) is 5.25 Å². The lowest BCUT2D eigenvalue weighted by atomic mass is 10.2. The maximum absolute atomic E-state index is 12.2. The van der Waals surface area contributed by atoms with Crippen LogP contribution in [0, 0.1) is 0 Å². The van der Waals surface area contributed by atoms with Crippen LogP contribution in [-0.2, 0) is 4.79 Å². The molecule has 3 nitrogen and oxygen atoms in total. The van der Waals surface area contributed by atoms with Gasteiger partial charge in [0, 0.05) is 23.7 Å². The highest BCUT2D eigenvalue weighted by atomic mass is 35.5. The molecule has 0 spiro atoms. The van der Waals surface area contributed by atoms with Gasteiger partial charge in [-0.05, 0) is 19.5 Å². The summed E-state index contributed by atoms with van der Waals surface area (Å²) < 4.78 is 0. The highest BCUT2D eigenvalue weighted by molar-refractivity contribution is 8.01. The minimum absolute atomic E-state index is 0.00268. The fourth-order valence-electron chi connectivity index (χ4n) is 2.19. The normalized spacial score (nSPS) is 23.1. The SMILES string of the molecule is CCNCCN1C(=O)[C@H](C)S[C@@H]1c1ccccc1Cl. The maximum atomic E-state index is 12.2. The molecule has 1 saturated heterocycles. The van der Waals surface area contributed by atoms with Gasteiger partial charge in [0.1, 0.15) is 5.37 Å². The molecule has 19 heavy (non-hydrogen) atoms. The first-order chi connectivity index (χ1) is 9.15. The van der Waals surface area contributed by atoms with Crippen LogP contribution in [0.2, 0.25) is 5.02 Å². The Labute approximate surface area is 123 Å². The zero-order valence-corrected chi connectivity index (χ0v) is 12.8. The first kappa shape index (κ1) is 14.7. The molecule has 104 valence electrons. The number of likely N-dealkylation sites (N-methyl/N-ethyl adjacent to an activating group) is 1. The summed E-state index contributed by atoms with van der Waals surface area (Å²) in [5.74, 6) is 0.202.